The van der Waals surface area contributed by atoms with Crippen LogP contribution in [0.4, 0.5) is 23.1 Å². The first kappa shape index (κ1) is 22.0. The fourth-order valence-electron chi connectivity index (χ4n) is 3.66. The second-order valence-corrected chi connectivity index (χ2v) is 9.92. The van der Waals surface area contributed by atoms with Crippen molar-refractivity contribution in [3.05, 3.63) is 60.8 Å². The molecule has 1 saturated heterocycles. The quantitative estimate of drug-likeness (QED) is 0.418. The number of aromatic nitrogens is 2. The van der Waals surface area contributed by atoms with Gasteiger partial charge in [-0.2, -0.15) is 4.98 Å². The Labute approximate surface area is 188 Å². The summed E-state index contributed by atoms with van der Waals surface area (Å²) in [6, 6.07) is 15.1. The van der Waals surface area contributed by atoms with Crippen molar-refractivity contribution < 1.29 is 13.5 Å². The molecule has 168 valence electrons. The minimum Gasteiger partial charge on any atom is -0.508 e. The number of phenols is 1. The Morgan fingerprint density at radius 1 is 0.906 bits per heavy atom. The Morgan fingerprint density at radius 2 is 1.56 bits per heavy atom. The van der Waals surface area contributed by atoms with Crippen LogP contribution in [-0.2, 0) is 9.84 Å². The highest BCUT2D eigenvalue weighted by Gasteiger charge is 2.16. The molecule has 0 unspecified atom stereocenters. The normalized spacial score (nSPS) is 14.4. The van der Waals surface area contributed by atoms with Gasteiger partial charge in [0.1, 0.15) is 11.6 Å². The molecule has 1 aromatic heterocycles. The molecule has 2 heterocycles. The van der Waals surface area contributed by atoms with Crippen molar-refractivity contribution in [2.75, 3.05) is 36.0 Å². The number of benzene rings is 2. The molecule has 0 spiro atoms. The lowest BCUT2D eigenvalue weighted by molar-refractivity contribution is 0.340. The second kappa shape index (κ2) is 9.97. The van der Waals surface area contributed by atoms with E-state index in [1.165, 1.54) is 12.8 Å². The van der Waals surface area contributed by atoms with Crippen LogP contribution in [0.1, 0.15) is 19.3 Å². The molecule has 0 radical (unpaired) electrons. The largest absolute Gasteiger partial charge is 0.508 e. The lowest BCUT2D eigenvalue weighted by Gasteiger charge is -2.14. The summed E-state index contributed by atoms with van der Waals surface area (Å²) in [6.45, 7) is 2.99. The fraction of sp³-hybridized carbons (Fsp3) is 0.304. The van der Waals surface area contributed by atoms with Crippen LogP contribution in [0.25, 0.3) is 0 Å². The topological polar surface area (TPSA) is 107 Å². The van der Waals surface area contributed by atoms with E-state index in [1.54, 1.807) is 60.8 Å². The molecule has 0 amide bonds. The third-order valence-corrected chi connectivity index (χ3v) is 7.17. The van der Waals surface area contributed by atoms with Gasteiger partial charge in [0.25, 0.3) is 0 Å². The molecular formula is C23H27N5O3S. The van der Waals surface area contributed by atoms with Crippen molar-refractivity contribution in [2.24, 2.45) is 0 Å². The molecule has 3 aromatic rings. The number of nitrogens with one attached hydrogen (secondary N) is 2. The fourth-order valence-corrected chi connectivity index (χ4v) is 4.95. The SMILES string of the molecule is O=S(=O)(CCCN1CCCC1)c1ccc(Nc2nccc(Nc3ccc(O)cc3)n2)cc1. The standard InChI is InChI=1S/C23H27N5O3S/c29-20-8-4-18(5-9-20)25-22-12-13-24-23(27-22)26-19-6-10-21(11-7-19)32(30,31)17-3-16-28-14-1-2-15-28/h4-13,29H,1-3,14-17H2,(H2,24,25,26,27). The van der Waals surface area contributed by atoms with E-state index in [4.69, 9.17) is 0 Å². The van der Waals surface area contributed by atoms with Crippen molar-refractivity contribution >= 4 is 33.0 Å². The van der Waals surface area contributed by atoms with Crippen molar-refractivity contribution in [3.63, 3.8) is 0 Å². The minimum atomic E-state index is -3.30. The summed E-state index contributed by atoms with van der Waals surface area (Å²) < 4.78 is 25.3. The predicted octanol–water partition coefficient (Wildman–Crippen LogP) is 3.93. The van der Waals surface area contributed by atoms with Crippen LogP contribution >= 0.6 is 0 Å². The first-order valence-electron chi connectivity index (χ1n) is 10.7. The number of nitrogens with zero attached hydrogens (tertiary/aromatic N) is 3. The Bertz CT molecular complexity index is 1130. The highest BCUT2D eigenvalue weighted by molar-refractivity contribution is 7.91. The van der Waals surface area contributed by atoms with E-state index in [0.29, 0.717) is 28.8 Å². The van der Waals surface area contributed by atoms with Gasteiger partial charge in [-0.25, -0.2) is 13.4 Å². The molecule has 0 aliphatic carbocycles. The van der Waals surface area contributed by atoms with Gasteiger partial charge in [-0.1, -0.05) is 0 Å². The number of hydrogen-bond acceptors (Lipinski definition) is 8. The molecule has 0 atom stereocenters. The molecule has 8 nitrogen and oxygen atoms in total. The van der Waals surface area contributed by atoms with Gasteiger partial charge in [0.05, 0.1) is 10.6 Å². The molecule has 2 aromatic carbocycles. The third kappa shape index (κ3) is 5.95. The molecule has 1 fully saturated rings. The van der Waals surface area contributed by atoms with E-state index in [1.807, 2.05) is 0 Å². The lowest BCUT2D eigenvalue weighted by atomic mass is 10.3. The Hall–Kier alpha value is -3.17. The van der Waals surface area contributed by atoms with Gasteiger partial charge in [-0.15, -0.1) is 0 Å². The zero-order valence-corrected chi connectivity index (χ0v) is 18.6. The zero-order chi connectivity index (χ0) is 22.4. The molecule has 0 saturated carbocycles. The highest BCUT2D eigenvalue weighted by atomic mass is 32.2. The van der Waals surface area contributed by atoms with Crippen LogP contribution in [0, 0.1) is 0 Å². The molecule has 0 bridgehead atoms. The second-order valence-electron chi connectivity index (χ2n) is 7.81. The monoisotopic (exact) mass is 453 g/mol. The molecule has 9 heteroatoms. The Morgan fingerprint density at radius 3 is 2.28 bits per heavy atom. The predicted molar refractivity (Wildman–Crippen MR) is 125 cm³/mol. The van der Waals surface area contributed by atoms with Gasteiger partial charge >= 0.3 is 0 Å². The summed E-state index contributed by atoms with van der Waals surface area (Å²) in [4.78, 5) is 11.3. The van der Waals surface area contributed by atoms with Crippen molar-refractivity contribution in [2.45, 2.75) is 24.2 Å². The van der Waals surface area contributed by atoms with Gasteiger partial charge in [-0.3, -0.25) is 0 Å². The van der Waals surface area contributed by atoms with Gasteiger partial charge in [0.2, 0.25) is 5.95 Å². The Balaban J connectivity index is 1.35. The minimum absolute atomic E-state index is 0.157. The average molecular weight is 454 g/mol. The summed E-state index contributed by atoms with van der Waals surface area (Å²) in [7, 11) is -3.30. The number of hydrogen-bond donors (Lipinski definition) is 3. The van der Waals surface area contributed by atoms with E-state index in [0.717, 1.165) is 25.3 Å². The van der Waals surface area contributed by atoms with Crippen LogP contribution in [0.2, 0.25) is 0 Å². The number of anilines is 4. The van der Waals surface area contributed by atoms with Crippen molar-refractivity contribution in [1.29, 1.82) is 0 Å². The number of likely N-dealkylation sites (tertiary alicyclic amines) is 1. The first-order valence-corrected chi connectivity index (χ1v) is 12.3. The van der Waals surface area contributed by atoms with Crippen LogP contribution < -0.4 is 10.6 Å². The molecule has 1 aliphatic rings. The van der Waals surface area contributed by atoms with Gasteiger partial charge in [0, 0.05) is 17.6 Å². The smallest absolute Gasteiger partial charge is 0.229 e. The highest BCUT2D eigenvalue weighted by Crippen LogP contribution is 2.21. The van der Waals surface area contributed by atoms with Gasteiger partial charge in [0.15, 0.2) is 9.84 Å². The molecule has 3 N–H and O–H groups in total. The maximum atomic E-state index is 12.6. The zero-order valence-electron chi connectivity index (χ0n) is 17.7. The van der Waals surface area contributed by atoms with Gasteiger partial charge in [-0.05, 0) is 93.5 Å². The van der Waals surface area contributed by atoms with E-state index >= 15 is 0 Å². The summed E-state index contributed by atoms with van der Waals surface area (Å²) >= 11 is 0. The molecule has 4 rings (SSSR count). The average Bonchev–Trinajstić information content (AvgIpc) is 3.29. The third-order valence-electron chi connectivity index (χ3n) is 5.35. The van der Waals surface area contributed by atoms with Crippen molar-refractivity contribution in [1.82, 2.24) is 14.9 Å². The molecule has 1 aliphatic heterocycles. The molecular weight excluding hydrogens is 426 g/mol. The van der Waals surface area contributed by atoms with Crippen LogP contribution in [0.15, 0.2) is 65.7 Å². The van der Waals surface area contributed by atoms with Crippen LogP contribution in [-0.4, -0.2) is 53.8 Å². The summed E-state index contributed by atoms with van der Waals surface area (Å²) in [5.41, 5.74) is 1.48. The maximum Gasteiger partial charge on any atom is 0.229 e. The molecule has 32 heavy (non-hydrogen) atoms. The van der Waals surface area contributed by atoms with E-state index in [-0.39, 0.29) is 11.5 Å². The summed E-state index contributed by atoms with van der Waals surface area (Å²) in [5.74, 6) is 1.32. The Kier molecular flexibility index (Phi) is 6.87. The number of sulfone groups is 1. The van der Waals surface area contributed by atoms with Crippen LogP contribution in [0.3, 0.4) is 0 Å². The summed E-state index contributed by atoms with van der Waals surface area (Å²) in [6.07, 6.45) is 4.69. The number of rotatable bonds is 9. The number of aromatic hydroxyl groups is 1. The number of phenolic OH excluding ortho intramolecular Hbond substituents is 1. The van der Waals surface area contributed by atoms with Crippen LogP contribution in [0.5, 0.6) is 5.75 Å². The van der Waals surface area contributed by atoms with Gasteiger partial charge < -0.3 is 20.6 Å². The summed E-state index contributed by atoms with van der Waals surface area (Å²) in [5, 5.41) is 15.6. The van der Waals surface area contributed by atoms with Crippen molar-refractivity contribution in [3.8, 4) is 5.75 Å². The lowest BCUT2D eigenvalue weighted by Crippen LogP contribution is -2.22. The first-order chi connectivity index (χ1) is 15.5. The van der Waals surface area contributed by atoms with E-state index in [2.05, 4.69) is 25.5 Å². The van der Waals surface area contributed by atoms with E-state index < -0.39 is 9.84 Å². The van der Waals surface area contributed by atoms with E-state index in [9.17, 15) is 13.5 Å². The maximum absolute atomic E-state index is 12.6.